The molecule has 2 N–H and O–H groups in total. The summed E-state index contributed by atoms with van der Waals surface area (Å²) in [6.07, 6.45) is 7.66. The fraction of sp³-hybridized carbons (Fsp3) is 0.185. The minimum absolute atomic E-state index is 0.0208. The summed E-state index contributed by atoms with van der Waals surface area (Å²) in [4.78, 5) is 25.8. The Hall–Kier alpha value is -4.53. The third-order valence-electron chi connectivity index (χ3n) is 5.99. The molecule has 1 aliphatic carbocycles. The second-order valence-corrected chi connectivity index (χ2v) is 8.33. The Morgan fingerprint density at radius 2 is 2.00 bits per heavy atom. The topological polar surface area (TPSA) is 106 Å². The number of hydrogen-bond acceptors (Lipinski definition) is 7. The van der Waals surface area contributed by atoms with Crippen LogP contribution in [0.4, 0.5) is 10.1 Å². The predicted molar refractivity (Wildman–Crippen MR) is 133 cm³/mol. The quantitative estimate of drug-likeness (QED) is 0.355. The Labute approximate surface area is 206 Å². The molecule has 5 rings (SSSR count). The first-order valence-corrected chi connectivity index (χ1v) is 11.4. The Kier molecular flexibility index (Phi) is 6.20. The van der Waals surface area contributed by atoms with E-state index in [1.54, 1.807) is 25.1 Å². The van der Waals surface area contributed by atoms with Crippen LogP contribution in [0.15, 0.2) is 54.9 Å². The van der Waals surface area contributed by atoms with Gasteiger partial charge in [0.25, 0.3) is 5.91 Å². The molecule has 3 heterocycles. The molecule has 1 aromatic carbocycles. The Balaban J connectivity index is 1.38. The number of allylic oxidation sites excluding steroid dienone is 2. The summed E-state index contributed by atoms with van der Waals surface area (Å²) in [5.41, 5.74) is 3.43. The monoisotopic (exact) mass is 486 g/mol. The molecular formula is C27H23FN4O4. The molecule has 1 amide bonds. The van der Waals surface area contributed by atoms with E-state index in [0.29, 0.717) is 33.9 Å². The van der Waals surface area contributed by atoms with Gasteiger partial charge in [-0.2, -0.15) is 0 Å². The third-order valence-corrected chi connectivity index (χ3v) is 5.99. The van der Waals surface area contributed by atoms with Crippen molar-refractivity contribution < 1.29 is 23.8 Å². The second-order valence-electron chi connectivity index (χ2n) is 8.33. The number of nitrogens with zero attached hydrogens (tertiary/aromatic N) is 3. The molecule has 0 spiro atoms. The molecule has 0 bridgehead atoms. The molecule has 8 nitrogen and oxygen atoms in total. The van der Waals surface area contributed by atoms with Gasteiger partial charge in [0.15, 0.2) is 17.3 Å². The molecule has 9 heteroatoms. The van der Waals surface area contributed by atoms with Crippen LogP contribution in [-0.2, 0) is 0 Å². The van der Waals surface area contributed by atoms with Crippen molar-refractivity contribution in [2.75, 3.05) is 12.4 Å². The van der Waals surface area contributed by atoms with Gasteiger partial charge in [0, 0.05) is 47.5 Å². The molecule has 0 radical (unpaired) electrons. The molecule has 182 valence electrons. The van der Waals surface area contributed by atoms with Gasteiger partial charge in [0.2, 0.25) is 5.88 Å². The van der Waals surface area contributed by atoms with Gasteiger partial charge < -0.3 is 19.9 Å². The van der Waals surface area contributed by atoms with Crippen LogP contribution in [0.2, 0.25) is 0 Å². The van der Waals surface area contributed by atoms with E-state index in [-0.39, 0.29) is 22.7 Å². The third kappa shape index (κ3) is 4.43. The normalized spacial score (nSPS) is 12.9. The number of rotatable bonds is 6. The van der Waals surface area contributed by atoms with Crippen LogP contribution in [0.3, 0.4) is 0 Å². The van der Waals surface area contributed by atoms with Crippen LogP contribution in [-0.4, -0.2) is 33.1 Å². The maximum absolute atomic E-state index is 14.9. The van der Waals surface area contributed by atoms with Crippen molar-refractivity contribution in [2.45, 2.75) is 26.2 Å². The van der Waals surface area contributed by atoms with Crippen molar-refractivity contribution in [3.63, 3.8) is 0 Å². The zero-order valence-electron chi connectivity index (χ0n) is 19.7. The molecule has 3 aromatic heterocycles. The van der Waals surface area contributed by atoms with Gasteiger partial charge >= 0.3 is 0 Å². The molecule has 4 aromatic rings. The van der Waals surface area contributed by atoms with E-state index < -0.39 is 11.7 Å². The van der Waals surface area contributed by atoms with Gasteiger partial charge in [-0.25, -0.2) is 9.37 Å². The number of ether oxygens (including phenoxy) is 2. The van der Waals surface area contributed by atoms with E-state index in [0.717, 1.165) is 30.9 Å². The zero-order valence-corrected chi connectivity index (χ0v) is 19.7. The van der Waals surface area contributed by atoms with Crippen molar-refractivity contribution in [3.8, 4) is 23.1 Å². The lowest BCUT2D eigenvalue weighted by Crippen LogP contribution is -2.14. The zero-order chi connectivity index (χ0) is 25.2. The van der Waals surface area contributed by atoms with E-state index in [1.807, 2.05) is 0 Å². The number of anilines is 1. The summed E-state index contributed by atoms with van der Waals surface area (Å²) >= 11 is 0. The van der Waals surface area contributed by atoms with E-state index in [1.165, 1.54) is 31.6 Å². The van der Waals surface area contributed by atoms with Crippen LogP contribution in [0.5, 0.6) is 23.1 Å². The van der Waals surface area contributed by atoms with Gasteiger partial charge in [-0.1, -0.05) is 6.08 Å². The molecule has 0 unspecified atom stereocenters. The molecule has 0 fully saturated rings. The summed E-state index contributed by atoms with van der Waals surface area (Å²) in [6, 6.07) is 9.03. The molecule has 0 aliphatic heterocycles. The highest BCUT2D eigenvalue weighted by Crippen LogP contribution is 2.37. The van der Waals surface area contributed by atoms with E-state index in [4.69, 9.17) is 9.47 Å². The highest BCUT2D eigenvalue weighted by atomic mass is 19.1. The van der Waals surface area contributed by atoms with Gasteiger partial charge in [0.1, 0.15) is 16.8 Å². The average molecular weight is 487 g/mol. The number of nitrogens with one attached hydrogen (secondary N) is 1. The number of aryl methyl sites for hydroxylation is 1. The second kappa shape index (κ2) is 9.61. The molecular weight excluding hydrogens is 463 g/mol. The summed E-state index contributed by atoms with van der Waals surface area (Å²) in [6.45, 7) is 1.79. The number of methoxy groups -OCH3 is 1. The number of benzene rings is 1. The van der Waals surface area contributed by atoms with Gasteiger partial charge in [-0.05, 0) is 50.0 Å². The number of aromatic hydroxyl groups is 1. The Bertz CT molecular complexity index is 1520. The van der Waals surface area contributed by atoms with Crippen molar-refractivity contribution in [2.24, 2.45) is 0 Å². The standard InChI is InChI=1S/C27H23FN4O4/c1-15-24(16-5-3-4-6-16)26(33)18(14-30-15)27(34)31-17-7-9-21(19(28)13-17)36-22-11-12-29-20-8-10-23(35-2)32-25(20)22/h5,7-14H,3-4,6H2,1-2H3,(H,30,33)(H,31,34). The van der Waals surface area contributed by atoms with E-state index in [2.05, 4.69) is 26.3 Å². The van der Waals surface area contributed by atoms with Gasteiger partial charge in [0.05, 0.1) is 12.6 Å². The highest BCUT2D eigenvalue weighted by molar-refractivity contribution is 6.07. The lowest BCUT2D eigenvalue weighted by Gasteiger charge is -2.14. The Morgan fingerprint density at radius 1 is 1.14 bits per heavy atom. The number of carbonyl (C=O) groups is 1. The van der Waals surface area contributed by atoms with Crippen molar-refractivity contribution in [1.29, 1.82) is 0 Å². The Morgan fingerprint density at radius 3 is 2.75 bits per heavy atom. The number of fused-ring (bicyclic) bond motifs is 1. The lowest BCUT2D eigenvalue weighted by molar-refractivity contribution is 0.102. The van der Waals surface area contributed by atoms with Crippen LogP contribution in [0, 0.1) is 12.7 Å². The molecule has 0 atom stereocenters. The van der Waals surface area contributed by atoms with Crippen molar-refractivity contribution in [3.05, 3.63) is 77.5 Å². The summed E-state index contributed by atoms with van der Waals surface area (Å²) in [5.74, 6) is -0.784. The van der Waals surface area contributed by atoms with Gasteiger partial charge in [-0.3, -0.25) is 14.8 Å². The van der Waals surface area contributed by atoms with Crippen molar-refractivity contribution >= 4 is 28.2 Å². The fourth-order valence-electron chi connectivity index (χ4n) is 4.20. The average Bonchev–Trinajstić information content (AvgIpc) is 3.40. The first-order chi connectivity index (χ1) is 17.4. The molecule has 0 saturated heterocycles. The highest BCUT2D eigenvalue weighted by Gasteiger charge is 2.22. The van der Waals surface area contributed by atoms with E-state index in [9.17, 15) is 14.3 Å². The number of pyridine rings is 3. The lowest BCUT2D eigenvalue weighted by atomic mass is 10.00. The molecule has 0 saturated carbocycles. The number of hydrogen-bond donors (Lipinski definition) is 2. The maximum Gasteiger partial charge on any atom is 0.261 e. The van der Waals surface area contributed by atoms with Crippen LogP contribution >= 0.6 is 0 Å². The van der Waals surface area contributed by atoms with E-state index >= 15 is 0 Å². The maximum atomic E-state index is 14.9. The van der Waals surface area contributed by atoms with Crippen molar-refractivity contribution in [1.82, 2.24) is 15.0 Å². The fourth-order valence-corrected chi connectivity index (χ4v) is 4.20. The SMILES string of the molecule is COc1ccc2nccc(Oc3ccc(NC(=O)c4cnc(C)c(C5=CCCC5)c4O)cc3F)c2n1. The first kappa shape index (κ1) is 23.2. The van der Waals surface area contributed by atoms with Crippen LogP contribution < -0.4 is 14.8 Å². The summed E-state index contributed by atoms with van der Waals surface area (Å²) < 4.78 is 25.9. The largest absolute Gasteiger partial charge is 0.506 e. The van der Waals surface area contributed by atoms with Crippen LogP contribution in [0.25, 0.3) is 16.6 Å². The minimum Gasteiger partial charge on any atom is -0.506 e. The summed E-state index contributed by atoms with van der Waals surface area (Å²) in [7, 11) is 1.50. The summed E-state index contributed by atoms with van der Waals surface area (Å²) in [5, 5.41) is 13.4. The predicted octanol–water partition coefficient (Wildman–Crippen LogP) is 5.80. The molecule has 1 aliphatic rings. The smallest absolute Gasteiger partial charge is 0.261 e. The van der Waals surface area contributed by atoms with Gasteiger partial charge in [-0.15, -0.1) is 0 Å². The van der Waals surface area contributed by atoms with Crippen LogP contribution in [0.1, 0.15) is 40.9 Å². The first-order valence-electron chi connectivity index (χ1n) is 11.4. The number of aromatic nitrogens is 3. The number of halogens is 1. The molecule has 36 heavy (non-hydrogen) atoms. The number of carbonyl (C=O) groups excluding carboxylic acids is 1. The number of amides is 1. The minimum atomic E-state index is -0.691.